The number of carbonyl (C=O) groups is 2. The average Bonchev–Trinajstić information content (AvgIpc) is 2.63. The maximum absolute atomic E-state index is 12.2. The second-order valence-electron chi connectivity index (χ2n) is 4.49. The van der Waals surface area contributed by atoms with Crippen molar-refractivity contribution in [2.45, 2.75) is 12.5 Å². The molecule has 1 saturated heterocycles. The Morgan fingerprint density at radius 1 is 1.22 bits per heavy atom. The highest BCUT2D eigenvalue weighted by Gasteiger charge is 2.39. The highest BCUT2D eigenvalue weighted by molar-refractivity contribution is 7.95. The molecule has 1 aromatic rings. The molecule has 0 radical (unpaired) electrons. The third kappa shape index (κ3) is 2.67. The summed E-state index contributed by atoms with van der Waals surface area (Å²) in [5.41, 5.74) is 0.634. The molecule has 2 rings (SSSR count). The van der Waals surface area contributed by atoms with E-state index in [2.05, 4.69) is 17.8 Å². The van der Waals surface area contributed by atoms with E-state index in [0.717, 1.165) is 5.75 Å². The molecule has 1 aromatic carbocycles. The zero-order chi connectivity index (χ0) is 13.1. The van der Waals surface area contributed by atoms with E-state index in [1.165, 1.54) is 4.90 Å². The van der Waals surface area contributed by atoms with Gasteiger partial charge in [-0.2, -0.15) is 0 Å². The van der Waals surface area contributed by atoms with Crippen molar-refractivity contribution in [2.24, 2.45) is 0 Å². The van der Waals surface area contributed by atoms with Crippen LogP contribution in [0.2, 0.25) is 0 Å². The second-order valence-corrected chi connectivity index (χ2v) is 6.87. The minimum atomic E-state index is -0.368. The Morgan fingerprint density at radius 3 is 2.50 bits per heavy atom. The number of rotatable bonds is 4. The lowest BCUT2D eigenvalue weighted by Crippen LogP contribution is -2.32. The molecule has 1 aliphatic heterocycles. The minimum absolute atomic E-state index is 0.142. The fourth-order valence-electron chi connectivity index (χ4n) is 1.90. The molecule has 96 valence electrons. The molecule has 1 heterocycles. The molecule has 18 heavy (non-hydrogen) atoms. The highest BCUT2D eigenvalue weighted by atomic mass is 32.2. The van der Waals surface area contributed by atoms with Gasteiger partial charge in [0.05, 0.1) is 18.2 Å². The summed E-state index contributed by atoms with van der Waals surface area (Å²) in [6, 6.07) is 8.35. The number of imide groups is 1. The van der Waals surface area contributed by atoms with E-state index >= 15 is 0 Å². The van der Waals surface area contributed by atoms with Crippen LogP contribution in [-0.2, 0) is 15.7 Å². The number of amides is 3. The van der Waals surface area contributed by atoms with Gasteiger partial charge in [-0.05, 0) is 23.0 Å². The molecule has 5 heteroatoms. The Kier molecular flexibility index (Phi) is 3.91. The van der Waals surface area contributed by atoms with E-state index < -0.39 is 0 Å². The summed E-state index contributed by atoms with van der Waals surface area (Å²) >= 11 is 0. The fourth-order valence-corrected chi connectivity index (χ4v) is 2.61. The fraction of sp³-hybridized carbons (Fsp3) is 0.385. The second kappa shape index (κ2) is 5.44. The van der Waals surface area contributed by atoms with Gasteiger partial charge in [-0.3, -0.25) is 4.79 Å². The molecule has 4 nitrogen and oxygen atoms in total. The van der Waals surface area contributed by atoms with Crippen LogP contribution in [0.5, 0.6) is 0 Å². The first-order valence-electron chi connectivity index (χ1n) is 5.83. The van der Waals surface area contributed by atoms with Crippen LogP contribution < -0.4 is 10.2 Å². The number of para-hydroxylation sites is 1. The van der Waals surface area contributed by atoms with Gasteiger partial charge in [0, 0.05) is 6.42 Å². The van der Waals surface area contributed by atoms with Crippen LogP contribution >= 0.6 is 0 Å². The third-order valence-corrected chi connectivity index (χ3v) is 3.90. The van der Waals surface area contributed by atoms with Crippen molar-refractivity contribution in [1.82, 2.24) is 5.32 Å². The van der Waals surface area contributed by atoms with Crippen LogP contribution in [0.25, 0.3) is 0 Å². The Hall–Kier alpha value is -1.49. The summed E-state index contributed by atoms with van der Waals surface area (Å²) in [7, 11) is 0.284. The van der Waals surface area contributed by atoms with Crippen LogP contribution in [0, 0.1) is 0 Å². The molecule has 1 N–H and O–H groups in total. The van der Waals surface area contributed by atoms with E-state index in [1.807, 2.05) is 18.2 Å². The van der Waals surface area contributed by atoms with Gasteiger partial charge in [0.1, 0.15) is 11.8 Å². The van der Waals surface area contributed by atoms with Gasteiger partial charge in [0.25, 0.3) is 5.91 Å². The van der Waals surface area contributed by atoms with Crippen molar-refractivity contribution in [3.05, 3.63) is 30.3 Å². The molecule has 0 saturated carbocycles. The molecule has 3 amide bonds. The summed E-state index contributed by atoms with van der Waals surface area (Å²) in [6.07, 6.45) is 4.98. The lowest BCUT2D eigenvalue weighted by Gasteiger charge is -2.12. The third-order valence-electron chi connectivity index (χ3n) is 2.85. The van der Waals surface area contributed by atoms with Crippen LogP contribution in [0.15, 0.2) is 30.3 Å². The summed E-state index contributed by atoms with van der Waals surface area (Å²) < 4.78 is 0. The predicted octanol–water partition coefficient (Wildman–Crippen LogP) is 1.38. The molecule has 1 unspecified atom stereocenters. The number of hydrogen-bond donors (Lipinski definition) is 1. The Labute approximate surface area is 110 Å². The highest BCUT2D eigenvalue weighted by Crippen LogP contribution is 2.20. The molecule has 1 fully saturated rings. The van der Waals surface area contributed by atoms with Crippen molar-refractivity contribution in [2.75, 3.05) is 23.2 Å². The van der Waals surface area contributed by atoms with Crippen molar-refractivity contribution >= 4 is 28.5 Å². The predicted molar refractivity (Wildman–Crippen MR) is 74.9 cm³/mol. The van der Waals surface area contributed by atoms with Crippen LogP contribution in [0.3, 0.4) is 0 Å². The first-order valence-corrected chi connectivity index (χ1v) is 8.04. The first-order chi connectivity index (χ1) is 8.59. The molecule has 0 bridgehead atoms. The van der Waals surface area contributed by atoms with E-state index in [-0.39, 0.29) is 28.9 Å². The summed E-state index contributed by atoms with van der Waals surface area (Å²) in [6.45, 7) is 0. The smallest absolute Gasteiger partial charge is 0.325 e. The van der Waals surface area contributed by atoms with E-state index in [0.29, 0.717) is 12.1 Å². The molecular formula is C13H17N2O2S+. The zero-order valence-corrected chi connectivity index (χ0v) is 11.4. The molecule has 1 atom stereocenters. The standard InChI is InChI=1S/C13H16N2O2S/c1-18(2)9-8-11-12(16)15(13(17)14-11)10-6-4-3-5-7-10/h3-7,11H,8-9H2,1-2H3/p+1. The number of nitrogens with one attached hydrogen (secondary N) is 1. The van der Waals surface area contributed by atoms with E-state index in [1.54, 1.807) is 12.1 Å². The quantitative estimate of drug-likeness (QED) is 0.660. The van der Waals surface area contributed by atoms with Crippen molar-refractivity contribution < 1.29 is 9.59 Å². The minimum Gasteiger partial charge on any atom is -0.325 e. The summed E-state index contributed by atoms with van der Waals surface area (Å²) in [5, 5.41) is 2.75. The number of urea groups is 1. The Balaban J connectivity index is 2.10. The number of nitrogens with zero attached hydrogens (tertiary/aromatic N) is 1. The summed E-state index contributed by atoms with van der Waals surface area (Å²) in [4.78, 5) is 25.2. The van der Waals surface area contributed by atoms with E-state index in [9.17, 15) is 9.59 Å². The molecule has 0 aliphatic carbocycles. The average molecular weight is 265 g/mol. The topological polar surface area (TPSA) is 49.4 Å². The maximum atomic E-state index is 12.2. The summed E-state index contributed by atoms with van der Waals surface area (Å²) in [5.74, 6) is 0.816. The van der Waals surface area contributed by atoms with Crippen molar-refractivity contribution in [3.63, 3.8) is 0 Å². The number of benzene rings is 1. The zero-order valence-electron chi connectivity index (χ0n) is 10.6. The largest absolute Gasteiger partial charge is 0.329 e. The van der Waals surface area contributed by atoms with Crippen LogP contribution in [0.4, 0.5) is 10.5 Å². The van der Waals surface area contributed by atoms with E-state index in [4.69, 9.17) is 0 Å². The first kappa shape index (κ1) is 13.0. The van der Waals surface area contributed by atoms with Gasteiger partial charge in [-0.25, -0.2) is 9.69 Å². The van der Waals surface area contributed by atoms with Gasteiger partial charge in [-0.1, -0.05) is 18.2 Å². The molecular weight excluding hydrogens is 248 g/mol. The number of carbonyl (C=O) groups excluding carboxylic acids is 2. The number of hydrogen-bond acceptors (Lipinski definition) is 2. The normalized spacial score (nSPS) is 19.5. The maximum Gasteiger partial charge on any atom is 0.329 e. The van der Waals surface area contributed by atoms with Gasteiger partial charge in [0.2, 0.25) is 0 Å². The van der Waals surface area contributed by atoms with Gasteiger partial charge >= 0.3 is 6.03 Å². The van der Waals surface area contributed by atoms with Crippen LogP contribution in [0.1, 0.15) is 6.42 Å². The van der Waals surface area contributed by atoms with Gasteiger partial charge in [0.15, 0.2) is 0 Å². The van der Waals surface area contributed by atoms with Gasteiger partial charge < -0.3 is 5.32 Å². The van der Waals surface area contributed by atoms with Gasteiger partial charge in [-0.15, -0.1) is 0 Å². The van der Waals surface area contributed by atoms with Crippen molar-refractivity contribution in [1.29, 1.82) is 0 Å². The SMILES string of the molecule is C[S+](C)CCC1NC(=O)N(c2ccccc2)C1=O. The molecule has 0 aromatic heterocycles. The Morgan fingerprint density at radius 2 is 1.89 bits per heavy atom. The lowest BCUT2D eigenvalue weighted by atomic mass is 10.2. The molecule has 1 aliphatic rings. The monoisotopic (exact) mass is 265 g/mol. The number of anilines is 1. The lowest BCUT2D eigenvalue weighted by molar-refractivity contribution is -0.118. The van der Waals surface area contributed by atoms with Crippen molar-refractivity contribution in [3.8, 4) is 0 Å². The Bertz CT molecular complexity index is 448. The van der Waals surface area contributed by atoms with Crippen LogP contribution in [-0.4, -0.2) is 36.2 Å². The molecule has 0 spiro atoms.